The molecule has 2 aromatic rings. The van der Waals surface area contributed by atoms with Crippen molar-refractivity contribution in [1.82, 2.24) is 4.90 Å². The normalized spacial score (nSPS) is 19.1. The summed E-state index contributed by atoms with van der Waals surface area (Å²) in [6.07, 6.45) is 5.04. The van der Waals surface area contributed by atoms with Crippen molar-refractivity contribution in [3.63, 3.8) is 0 Å². The van der Waals surface area contributed by atoms with E-state index in [1.165, 1.54) is 12.3 Å². The Kier molecular flexibility index (Phi) is 4.65. The first-order valence-electron chi connectivity index (χ1n) is 8.62. The molecule has 1 saturated heterocycles. The van der Waals surface area contributed by atoms with E-state index in [4.69, 9.17) is 13.9 Å². The molecule has 1 atom stereocenters. The van der Waals surface area contributed by atoms with Gasteiger partial charge in [-0.15, -0.1) is 0 Å². The molecule has 0 saturated carbocycles. The molecule has 7 nitrogen and oxygen atoms in total. The second kappa shape index (κ2) is 7.11. The Balaban J connectivity index is 1.37. The number of rotatable bonds is 5. The van der Waals surface area contributed by atoms with Crippen LogP contribution >= 0.6 is 0 Å². The van der Waals surface area contributed by atoms with Crippen molar-refractivity contribution < 1.29 is 27.1 Å². The average Bonchev–Trinajstić information content (AvgIpc) is 3.39. The highest BCUT2D eigenvalue weighted by molar-refractivity contribution is 7.91. The molecule has 0 aliphatic carbocycles. The third-order valence-electron chi connectivity index (χ3n) is 4.70. The van der Waals surface area contributed by atoms with Gasteiger partial charge in [-0.25, -0.2) is 8.42 Å². The fourth-order valence-corrected chi connectivity index (χ4v) is 4.89. The largest absolute Gasteiger partial charge is 0.468 e. The molecule has 3 heterocycles. The number of nitrogens with zero attached hydrogens (tertiary/aromatic N) is 1. The second-order valence-electron chi connectivity index (χ2n) is 6.53. The average molecular weight is 389 g/mol. The van der Waals surface area contributed by atoms with Gasteiger partial charge in [0.2, 0.25) is 12.7 Å². The Hall–Kier alpha value is -2.74. The van der Waals surface area contributed by atoms with E-state index in [1.807, 2.05) is 6.07 Å². The Bertz CT molecular complexity index is 964. The lowest BCUT2D eigenvalue weighted by Crippen LogP contribution is -2.31. The van der Waals surface area contributed by atoms with E-state index in [9.17, 15) is 13.2 Å². The first-order chi connectivity index (χ1) is 13.0. The van der Waals surface area contributed by atoms with Crippen LogP contribution in [0.4, 0.5) is 0 Å². The number of fused-ring (bicyclic) bond motifs is 1. The molecule has 1 fully saturated rings. The van der Waals surface area contributed by atoms with Crippen molar-refractivity contribution in [3.8, 4) is 11.5 Å². The summed E-state index contributed by atoms with van der Waals surface area (Å²) in [4.78, 5) is 14.0. The minimum absolute atomic E-state index is 0.139. The van der Waals surface area contributed by atoms with Gasteiger partial charge in [0, 0.05) is 19.2 Å². The lowest BCUT2D eigenvalue weighted by atomic mass is 10.2. The predicted octanol–water partition coefficient (Wildman–Crippen LogP) is 2.24. The Labute approximate surface area is 157 Å². The molecule has 0 N–H and O–H groups in total. The molecule has 2 aliphatic heterocycles. The van der Waals surface area contributed by atoms with Crippen molar-refractivity contribution in [2.45, 2.75) is 17.4 Å². The van der Waals surface area contributed by atoms with Gasteiger partial charge in [0.1, 0.15) is 11.5 Å². The smallest absolute Gasteiger partial charge is 0.246 e. The van der Waals surface area contributed by atoms with Gasteiger partial charge in [-0.1, -0.05) is 6.07 Å². The van der Waals surface area contributed by atoms with Crippen LogP contribution < -0.4 is 9.47 Å². The van der Waals surface area contributed by atoms with Crippen molar-refractivity contribution in [2.75, 3.05) is 19.9 Å². The van der Waals surface area contributed by atoms with Crippen molar-refractivity contribution >= 4 is 21.8 Å². The number of amides is 1. The van der Waals surface area contributed by atoms with Crippen molar-refractivity contribution in [2.24, 2.45) is 0 Å². The van der Waals surface area contributed by atoms with E-state index in [0.717, 1.165) is 5.56 Å². The SMILES string of the molecule is O=C(/C=C/c1ccc2c(c1)OCO2)N1CC[C@@H](S(=O)(=O)Cc2ccco2)C1. The molecule has 0 bridgehead atoms. The van der Waals surface area contributed by atoms with E-state index in [-0.39, 0.29) is 25.0 Å². The number of carbonyl (C=O) groups is 1. The summed E-state index contributed by atoms with van der Waals surface area (Å²) >= 11 is 0. The highest BCUT2D eigenvalue weighted by atomic mass is 32.2. The molecular formula is C19H19NO6S. The van der Waals surface area contributed by atoms with Gasteiger partial charge in [0.05, 0.1) is 11.5 Å². The second-order valence-corrected chi connectivity index (χ2v) is 8.81. The summed E-state index contributed by atoms with van der Waals surface area (Å²) in [6, 6.07) is 8.73. The highest BCUT2D eigenvalue weighted by Crippen LogP contribution is 2.32. The topological polar surface area (TPSA) is 86.0 Å². The Morgan fingerprint density at radius 2 is 2.07 bits per heavy atom. The number of ether oxygens (including phenoxy) is 2. The molecule has 4 rings (SSSR count). The van der Waals surface area contributed by atoms with Crippen LogP contribution in [0.3, 0.4) is 0 Å². The highest BCUT2D eigenvalue weighted by Gasteiger charge is 2.35. The fourth-order valence-electron chi connectivity index (χ4n) is 3.22. The molecule has 0 radical (unpaired) electrons. The first-order valence-corrected chi connectivity index (χ1v) is 10.3. The molecule has 0 spiro atoms. The number of likely N-dealkylation sites (tertiary alicyclic amines) is 1. The summed E-state index contributed by atoms with van der Waals surface area (Å²) in [5.74, 6) is 1.41. The van der Waals surface area contributed by atoms with E-state index < -0.39 is 15.1 Å². The molecular weight excluding hydrogens is 370 g/mol. The number of furan rings is 1. The zero-order valence-corrected chi connectivity index (χ0v) is 15.4. The third kappa shape index (κ3) is 3.85. The van der Waals surface area contributed by atoms with Gasteiger partial charge in [-0.2, -0.15) is 0 Å². The molecule has 2 aliphatic rings. The summed E-state index contributed by atoms with van der Waals surface area (Å²) in [7, 11) is -3.37. The van der Waals surface area contributed by atoms with Gasteiger partial charge < -0.3 is 18.8 Å². The van der Waals surface area contributed by atoms with E-state index in [0.29, 0.717) is 30.2 Å². The minimum Gasteiger partial charge on any atom is -0.468 e. The first kappa shape index (κ1) is 17.7. The van der Waals surface area contributed by atoms with Crippen LogP contribution in [-0.2, 0) is 20.4 Å². The summed E-state index contributed by atoms with van der Waals surface area (Å²) < 4.78 is 40.7. The van der Waals surface area contributed by atoms with Gasteiger partial charge in [-0.05, 0) is 42.3 Å². The monoisotopic (exact) mass is 389 g/mol. The molecule has 1 amide bonds. The van der Waals surface area contributed by atoms with Crippen LogP contribution in [0.1, 0.15) is 17.7 Å². The van der Waals surface area contributed by atoms with Crippen molar-refractivity contribution in [1.29, 1.82) is 0 Å². The molecule has 142 valence electrons. The number of hydrogen-bond acceptors (Lipinski definition) is 6. The van der Waals surface area contributed by atoms with Crippen LogP contribution in [0.5, 0.6) is 11.5 Å². The number of hydrogen-bond donors (Lipinski definition) is 0. The number of sulfone groups is 1. The molecule has 0 unspecified atom stereocenters. The zero-order valence-electron chi connectivity index (χ0n) is 14.5. The maximum Gasteiger partial charge on any atom is 0.246 e. The quantitative estimate of drug-likeness (QED) is 0.729. The van der Waals surface area contributed by atoms with Crippen LogP contribution in [0.2, 0.25) is 0 Å². The zero-order chi connectivity index (χ0) is 18.9. The Morgan fingerprint density at radius 3 is 2.89 bits per heavy atom. The summed E-state index contributed by atoms with van der Waals surface area (Å²) in [5, 5.41) is -0.564. The van der Waals surface area contributed by atoms with Crippen LogP contribution in [-0.4, -0.2) is 44.4 Å². The molecule has 1 aromatic carbocycles. The third-order valence-corrected chi connectivity index (χ3v) is 6.79. The molecule has 8 heteroatoms. The molecule has 1 aromatic heterocycles. The van der Waals surface area contributed by atoms with Gasteiger partial charge in [-0.3, -0.25) is 4.79 Å². The van der Waals surface area contributed by atoms with Gasteiger partial charge in [0.25, 0.3) is 0 Å². The van der Waals surface area contributed by atoms with E-state index in [1.54, 1.807) is 35.2 Å². The van der Waals surface area contributed by atoms with Gasteiger partial charge in [0.15, 0.2) is 21.3 Å². The van der Waals surface area contributed by atoms with E-state index in [2.05, 4.69) is 0 Å². The lowest BCUT2D eigenvalue weighted by molar-refractivity contribution is -0.124. The van der Waals surface area contributed by atoms with Crippen LogP contribution in [0, 0.1) is 0 Å². The van der Waals surface area contributed by atoms with Crippen LogP contribution in [0.15, 0.2) is 47.1 Å². The predicted molar refractivity (Wildman–Crippen MR) is 97.9 cm³/mol. The van der Waals surface area contributed by atoms with E-state index >= 15 is 0 Å². The number of carbonyl (C=O) groups excluding carboxylic acids is 1. The maximum atomic E-state index is 12.5. The van der Waals surface area contributed by atoms with Crippen molar-refractivity contribution in [3.05, 3.63) is 54.0 Å². The number of benzene rings is 1. The summed E-state index contributed by atoms with van der Waals surface area (Å²) in [6.45, 7) is 0.822. The maximum absolute atomic E-state index is 12.5. The minimum atomic E-state index is -3.37. The standard InChI is InChI=1S/C19H19NO6S/c21-19(6-4-14-3-5-17-18(10-14)26-13-25-17)20-8-7-16(11-20)27(22,23)12-15-2-1-9-24-15/h1-6,9-10,16H,7-8,11-13H2/b6-4+/t16-/m1/s1. The lowest BCUT2D eigenvalue weighted by Gasteiger charge is -2.14. The summed E-state index contributed by atoms with van der Waals surface area (Å²) in [5.41, 5.74) is 0.814. The fraction of sp³-hybridized carbons (Fsp3) is 0.316. The molecule has 27 heavy (non-hydrogen) atoms. The van der Waals surface area contributed by atoms with Crippen LogP contribution in [0.25, 0.3) is 6.08 Å². The Morgan fingerprint density at radius 1 is 1.22 bits per heavy atom. The van der Waals surface area contributed by atoms with Gasteiger partial charge >= 0.3 is 0 Å².